The van der Waals surface area contributed by atoms with Crippen molar-refractivity contribution >= 4 is 5.91 Å². The summed E-state index contributed by atoms with van der Waals surface area (Å²) >= 11 is 0. The number of nitrogens with zero attached hydrogens (tertiary/aromatic N) is 1. The normalized spacial score (nSPS) is 17.2. The third-order valence-electron chi connectivity index (χ3n) is 3.84. The zero-order chi connectivity index (χ0) is 14.2. The lowest BCUT2D eigenvalue weighted by Crippen LogP contribution is -2.71. The van der Waals surface area contributed by atoms with Crippen LogP contribution in [0.5, 0.6) is 11.5 Å². The quantitative estimate of drug-likeness (QED) is 0.860. The van der Waals surface area contributed by atoms with Crippen LogP contribution in [0.4, 0.5) is 0 Å². The highest BCUT2D eigenvalue weighted by atomic mass is 16.5. The van der Waals surface area contributed by atoms with E-state index < -0.39 is 0 Å². The van der Waals surface area contributed by atoms with Crippen molar-refractivity contribution in [1.82, 2.24) is 4.90 Å². The van der Waals surface area contributed by atoms with Gasteiger partial charge in [0, 0.05) is 13.1 Å². The van der Waals surface area contributed by atoms with E-state index in [4.69, 9.17) is 10.5 Å². The fourth-order valence-electron chi connectivity index (χ4n) is 2.16. The maximum Gasteiger partial charge on any atom is 0.257 e. The lowest BCUT2D eigenvalue weighted by Gasteiger charge is -2.50. The lowest BCUT2D eigenvalue weighted by atomic mass is 9.80. The van der Waals surface area contributed by atoms with Gasteiger partial charge in [0.05, 0.1) is 18.2 Å². The van der Waals surface area contributed by atoms with Gasteiger partial charge in [-0.3, -0.25) is 4.79 Å². The van der Waals surface area contributed by atoms with Crippen LogP contribution in [0.3, 0.4) is 0 Å². The van der Waals surface area contributed by atoms with E-state index in [0.29, 0.717) is 24.8 Å². The Morgan fingerprint density at radius 1 is 1.47 bits per heavy atom. The van der Waals surface area contributed by atoms with Crippen molar-refractivity contribution in [2.45, 2.75) is 19.4 Å². The minimum absolute atomic E-state index is 0.0372. The first-order valence-electron chi connectivity index (χ1n) is 6.32. The summed E-state index contributed by atoms with van der Waals surface area (Å²) in [4.78, 5) is 13.9. The van der Waals surface area contributed by atoms with Gasteiger partial charge in [-0.25, -0.2) is 0 Å². The van der Waals surface area contributed by atoms with Gasteiger partial charge in [-0.05, 0) is 24.1 Å². The van der Waals surface area contributed by atoms with E-state index in [1.54, 1.807) is 17.0 Å². The number of aromatic hydroxyl groups is 1. The van der Waals surface area contributed by atoms with Gasteiger partial charge in [-0.1, -0.05) is 13.8 Å². The first kappa shape index (κ1) is 13.7. The summed E-state index contributed by atoms with van der Waals surface area (Å²) in [5.74, 6) is 0.614. The average molecular weight is 264 g/mol. The third kappa shape index (κ3) is 2.38. The van der Waals surface area contributed by atoms with E-state index in [9.17, 15) is 9.90 Å². The number of phenolic OH excluding ortho intramolecular Hbond substituents is 1. The van der Waals surface area contributed by atoms with Crippen LogP contribution in [0.25, 0.3) is 0 Å². The van der Waals surface area contributed by atoms with E-state index in [1.807, 2.05) is 13.8 Å². The van der Waals surface area contributed by atoms with Crippen LogP contribution >= 0.6 is 0 Å². The first-order valence-corrected chi connectivity index (χ1v) is 6.32. The molecule has 0 bridgehead atoms. The van der Waals surface area contributed by atoms with Crippen LogP contribution in [0.15, 0.2) is 18.2 Å². The topological polar surface area (TPSA) is 75.8 Å². The molecule has 5 heteroatoms. The molecular formula is C14H20N2O3. The number of nitrogens with two attached hydrogens (primary N) is 1. The fourth-order valence-corrected chi connectivity index (χ4v) is 2.16. The van der Waals surface area contributed by atoms with Crippen LogP contribution in [0.2, 0.25) is 0 Å². The Bertz CT molecular complexity index is 493. The molecule has 1 saturated heterocycles. The number of hydrogen-bond acceptors (Lipinski definition) is 4. The number of phenols is 1. The number of rotatable bonds is 3. The van der Waals surface area contributed by atoms with E-state index in [1.165, 1.54) is 13.2 Å². The molecule has 5 nitrogen and oxygen atoms in total. The molecule has 1 fully saturated rings. The van der Waals surface area contributed by atoms with Crippen LogP contribution in [0.1, 0.15) is 24.2 Å². The zero-order valence-electron chi connectivity index (χ0n) is 11.5. The van der Waals surface area contributed by atoms with Crippen molar-refractivity contribution in [3.8, 4) is 11.5 Å². The Morgan fingerprint density at radius 3 is 2.63 bits per heavy atom. The minimum atomic E-state index is -0.315. The number of ether oxygens (including phenoxy) is 1. The predicted octanol–water partition coefficient (Wildman–Crippen LogP) is 1.21. The highest BCUT2D eigenvalue weighted by Crippen LogP contribution is 2.30. The van der Waals surface area contributed by atoms with E-state index >= 15 is 0 Å². The summed E-state index contributed by atoms with van der Waals surface area (Å²) in [6, 6.07) is 4.62. The second-order valence-corrected chi connectivity index (χ2v) is 5.43. The highest BCUT2D eigenvalue weighted by molar-refractivity contribution is 5.98. The Labute approximate surface area is 113 Å². The Kier molecular flexibility index (Phi) is 3.41. The molecule has 1 heterocycles. The molecule has 1 amide bonds. The molecule has 19 heavy (non-hydrogen) atoms. The number of benzene rings is 1. The summed E-state index contributed by atoms with van der Waals surface area (Å²) in [7, 11) is 1.52. The van der Waals surface area contributed by atoms with Crippen molar-refractivity contribution < 1.29 is 14.6 Å². The minimum Gasteiger partial charge on any atom is -0.507 e. The second-order valence-electron chi connectivity index (χ2n) is 5.43. The molecule has 3 N–H and O–H groups in total. The smallest absolute Gasteiger partial charge is 0.257 e. The van der Waals surface area contributed by atoms with Gasteiger partial charge in [0.25, 0.3) is 5.91 Å². The SMILES string of the molecule is COc1ccc(O)c(C(=O)N2CC(N)(C(C)C)C2)c1. The highest BCUT2D eigenvalue weighted by Gasteiger charge is 2.44. The summed E-state index contributed by atoms with van der Waals surface area (Å²) in [5, 5.41) is 9.77. The second kappa shape index (κ2) is 4.74. The molecule has 104 valence electrons. The molecule has 1 aromatic carbocycles. The number of methoxy groups -OCH3 is 1. The van der Waals surface area contributed by atoms with Gasteiger partial charge in [-0.2, -0.15) is 0 Å². The van der Waals surface area contributed by atoms with Crippen LogP contribution in [-0.2, 0) is 0 Å². The van der Waals surface area contributed by atoms with Crippen molar-refractivity contribution in [2.75, 3.05) is 20.2 Å². The van der Waals surface area contributed by atoms with Crippen LogP contribution in [-0.4, -0.2) is 41.7 Å². The van der Waals surface area contributed by atoms with E-state index in [0.717, 1.165) is 0 Å². The first-order chi connectivity index (χ1) is 8.87. The van der Waals surface area contributed by atoms with Gasteiger partial charge >= 0.3 is 0 Å². The van der Waals surface area contributed by atoms with Gasteiger partial charge in [-0.15, -0.1) is 0 Å². The van der Waals surface area contributed by atoms with Gasteiger partial charge in [0.1, 0.15) is 11.5 Å². The third-order valence-corrected chi connectivity index (χ3v) is 3.84. The van der Waals surface area contributed by atoms with Crippen LogP contribution < -0.4 is 10.5 Å². The maximum absolute atomic E-state index is 12.3. The fraction of sp³-hybridized carbons (Fsp3) is 0.500. The van der Waals surface area contributed by atoms with Crippen molar-refractivity contribution in [3.63, 3.8) is 0 Å². The lowest BCUT2D eigenvalue weighted by molar-refractivity contribution is 0.0272. The molecule has 0 aliphatic carbocycles. The van der Waals surface area contributed by atoms with Crippen molar-refractivity contribution in [2.24, 2.45) is 11.7 Å². The van der Waals surface area contributed by atoms with E-state index in [-0.39, 0.29) is 22.8 Å². The summed E-state index contributed by atoms with van der Waals surface area (Å²) < 4.78 is 5.06. The van der Waals surface area contributed by atoms with E-state index in [2.05, 4.69) is 0 Å². The largest absolute Gasteiger partial charge is 0.507 e. The standard InChI is InChI=1S/C14H20N2O3/c1-9(2)14(15)7-16(8-14)13(18)11-6-10(19-3)4-5-12(11)17/h4-6,9,17H,7-8,15H2,1-3H3. The molecule has 1 aliphatic heterocycles. The Balaban J connectivity index is 2.14. The molecule has 2 rings (SSSR count). The molecule has 0 spiro atoms. The van der Waals surface area contributed by atoms with Gasteiger partial charge in [0.15, 0.2) is 0 Å². The number of carbonyl (C=O) groups is 1. The van der Waals surface area contributed by atoms with Gasteiger partial charge < -0.3 is 20.5 Å². The van der Waals surface area contributed by atoms with Crippen molar-refractivity contribution in [3.05, 3.63) is 23.8 Å². The molecule has 0 radical (unpaired) electrons. The Hall–Kier alpha value is -1.75. The molecular weight excluding hydrogens is 244 g/mol. The number of carbonyl (C=O) groups excluding carboxylic acids is 1. The average Bonchev–Trinajstić information content (AvgIpc) is 2.34. The Morgan fingerprint density at radius 2 is 2.11 bits per heavy atom. The summed E-state index contributed by atoms with van der Waals surface area (Å²) in [6.07, 6.45) is 0. The number of likely N-dealkylation sites (tertiary alicyclic amines) is 1. The molecule has 0 atom stereocenters. The maximum atomic E-state index is 12.3. The molecule has 1 aromatic rings. The van der Waals surface area contributed by atoms with Crippen LogP contribution in [0, 0.1) is 5.92 Å². The molecule has 1 aliphatic rings. The molecule has 0 aromatic heterocycles. The van der Waals surface area contributed by atoms with Crippen molar-refractivity contribution in [1.29, 1.82) is 0 Å². The molecule has 0 saturated carbocycles. The number of amides is 1. The predicted molar refractivity (Wildman–Crippen MR) is 72.3 cm³/mol. The van der Waals surface area contributed by atoms with Gasteiger partial charge in [0.2, 0.25) is 0 Å². The zero-order valence-corrected chi connectivity index (χ0v) is 11.5. The monoisotopic (exact) mass is 264 g/mol. The number of hydrogen-bond donors (Lipinski definition) is 2. The summed E-state index contributed by atoms with van der Waals surface area (Å²) in [5.41, 5.74) is 6.10. The molecule has 0 unspecified atom stereocenters. The summed E-state index contributed by atoms with van der Waals surface area (Å²) in [6.45, 7) is 5.12.